The van der Waals surface area contributed by atoms with Crippen LogP contribution in [0.3, 0.4) is 0 Å². The maximum absolute atomic E-state index is 12.6. The van der Waals surface area contributed by atoms with Gasteiger partial charge < -0.3 is 9.47 Å². The lowest BCUT2D eigenvalue weighted by atomic mass is 9.97. The molecule has 1 aliphatic heterocycles. The molecule has 0 aliphatic carbocycles. The Morgan fingerprint density at radius 2 is 2.21 bits per heavy atom. The molecule has 1 unspecified atom stereocenters. The molecule has 6 nitrogen and oxygen atoms in total. The Hall–Kier alpha value is -2.21. The number of aromatic nitrogens is 3. The summed E-state index contributed by atoms with van der Waals surface area (Å²) in [5, 5.41) is 0. The van der Waals surface area contributed by atoms with Crippen LogP contribution in [0.25, 0.3) is 0 Å². The van der Waals surface area contributed by atoms with Gasteiger partial charge in [-0.2, -0.15) is 0 Å². The average molecular weight is 327 g/mol. The van der Waals surface area contributed by atoms with Crippen molar-refractivity contribution in [2.24, 2.45) is 7.05 Å². The lowest BCUT2D eigenvalue weighted by Gasteiger charge is -2.33. The SMILES string of the molecule is CN(CC(=O)N1CCCC(c2nccn2C)C1)Cc1ccccn1. The second-order valence-corrected chi connectivity index (χ2v) is 6.57. The van der Waals surface area contributed by atoms with Crippen molar-refractivity contribution >= 4 is 5.91 Å². The Morgan fingerprint density at radius 3 is 2.92 bits per heavy atom. The highest BCUT2D eigenvalue weighted by atomic mass is 16.2. The smallest absolute Gasteiger partial charge is 0.236 e. The molecule has 0 bridgehead atoms. The minimum absolute atomic E-state index is 0.187. The van der Waals surface area contributed by atoms with Gasteiger partial charge in [-0.25, -0.2) is 4.98 Å². The number of hydrogen-bond acceptors (Lipinski definition) is 4. The van der Waals surface area contributed by atoms with Gasteiger partial charge in [-0.05, 0) is 32.0 Å². The molecular weight excluding hydrogens is 302 g/mol. The number of rotatable bonds is 5. The number of amides is 1. The molecule has 0 saturated carbocycles. The Kier molecular flexibility index (Phi) is 5.25. The molecule has 6 heteroatoms. The number of hydrogen-bond donors (Lipinski definition) is 0. The van der Waals surface area contributed by atoms with Crippen LogP contribution >= 0.6 is 0 Å². The summed E-state index contributed by atoms with van der Waals surface area (Å²) in [4.78, 5) is 25.4. The molecule has 0 radical (unpaired) electrons. The average Bonchev–Trinajstić information content (AvgIpc) is 3.02. The first-order valence-electron chi connectivity index (χ1n) is 8.47. The van der Waals surface area contributed by atoms with Gasteiger partial charge in [0, 0.05) is 51.2 Å². The van der Waals surface area contributed by atoms with E-state index in [1.165, 1.54) is 0 Å². The second kappa shape index (κ2) is 7.57. The highest BCUT2D eigenvalue weighted by molar-refractivity contribution is 5.78. The number of likely N-dealkylation sites (N-methyl/N-ethyl adjacent to an activating group) is 1. The monoisotopic (exact) mass is 327 g/mol. The van der Waals surface area contributed by atoms with Crippen LogP contribution in [0.5, 0.6) is 0 Å². The van der Waals surface area contributed by atoms with E-state index in [1.54, 1.807) is 6.20 Å². The Balaban J connectivity index is 1.55. The number of carbonyl (C=O) groups excluding carboxylic acids is 1. The van der Waals surface area contributed by atoms with Gasteiger partial charge in [0.15, 0.2) is 0 Å². The fourth-order valence-electron chi connectivity index (χ4n) is 3.34. The van der Waals surface area contributed by atoms with E-state index >= 15 is 0 Å². The van der Waals surface area contributed by atoms with Crippen molar-refractivity contribution < 1.29 is 4.79 Å². The van der Waals surface area contributed by atoms with Gasteiger partial charge >= 0.3 is 0 Å². The van der Waals surface area contributed by atoms with E-state index in [0.717, 1.165) is 37.4 Å². The van der Waals surface area contributed by atoms with E-state index in [0.29, 0.717) is 19.0 Å². The van der Waals surface area contributed by atoms with Gasteiger partial charge in [0.25, 0.3) is 0 Å². The molecule has 2 aromatic heterocycles. The quantitative estimate of drug-likeness (QED) is 0.838. The second-order valence-electron chi connectivity index (χ2n) is 6.57. The minimum atomic E-state index is 0.187. The number of carbonyl (C=O) groups is 1. The summed E-state index contributed by atoms with van der Waals surface area (Å²) in [6.07, 6.45) is 7.71. The van der Waals surface area contributed by atoms with Crippen LogP contribution in [0.1, 0.15) is 30.3 Å². The molecule has 1 saturated heterocycles. The van der Waals surface area contributed by atoms with Gasteiger partial charge in [-0.15, -0.1) is 0 Å². The van der Waals surface area contributed by atoms with Crippen molar-refractivity contribution in [1.82, 2.24) is 24.3 Å². The summed E-state index contributed by atoms with van der Waals surface area (Å²) in [5.41, 5.74) is 0.984. The molecule has 3 heterocycles. The van der Waals surface area contributed by atoms with Crippen molar-refractivity contribution in [2.45, 2.75) is 25.3 Å². The maximum atomic E-state index is 12.6. The van der Waals surface area contributed by atoms with E-state index in [-0.39, 0.29) is 5.91 Å². The zero-order valence-corrected chi connectivity index (χ0v) is 14.4. The lowest BCUT2D eigenvalue weighted by Crippen LogP contribution is -2.44. The number of likely N-dealkylation sites (tertiary alicyclic amines) is 1. The summed E-state index contributed by atoms with van der Waals surface area (Å²) in [6.45, 7) is 2.71. The molecule has 3 rings (SSSR count). The fourth-order valence-corrected chi connectivity index (χ4v) is 3.34. The molecule has 0 aromatic carbocycles. The molecule has 2 aromatic rings. The third kappa shape index (κ3) is 4.00. The first-order chi connectivity index (χ1) is 11.6. The van der Waals surface area contributed by atoms with E-state index in [1.807, 2.05) is 54.5 Å². The first-order valence-corrected chi connectivity index (χ1v) is 8.47. The van der Waals surface area contributed by atoms with Crippen LogP contribution in [-0.2, 0) is 18.4 Å². The standard InChI is InChI=1S/C18H25N5O/c1-21(13-16-7-3-4-8-19-16)14-17(24)23-10-5-6-15(12-23)18-20-9-11-22(18)2/h3-4,7-9,11,15H,5-6,10,12-14H2,1-2H3. The third-order valence-corrected chi connectivity index (χ3v) is 4.56. The summed E-state index contributed by atoms with van der Waals surface area (Å²) in [6, 6.07) is 5.86. The van der Waals surface area contributed by atoms with Crippen molar-refractivity contribution in [3.63, 3.8) is 0 Å². The molecule has 1 fully saturated rings. The predicted molar refractivity (Wildman–Crippen MR) is 92.3 cm³/mol. The molecule has 24 heavy (non-hydrogen) atoms. The molecule has 1 atom stereocenters. The van der Waals surface area contributed by atoms with Gasteiger partial charge in [-0.3, -0.25) is 14.7 Å². The number of aryl methyl sites for hydroxylation is 1. The van der Waals surface area contributed by atoms with E-state index in [2.05, 4.69) is 14.5 Å². The third-order valence-electron chi connectivity index (χ3n) is 4.56. The van der Waals surface area contributed by atoms with Crippen LogP contribution in [0.4, 0.5) is 0 Å². The summed E-state index contributed by atoms with van der Waals surface area (Å²) >= 11 is 0. The van der Waals surface area contributed by atoms with E-state index < -0.39 is 0 Å². The lowest BCUT2D eigenvalue weighted by molar-refractivity contribution is -0.133. The Morgan fingerprint density at radius 1 is 1.33 bits per heavy atom. The molecular formula is C18H25N5O. The Labute approximate surface area is 143 Å². The normalized spacial score (nSPS) is 18.1. The van der Waals surface area contributed by atoms with Crippen LogP contribution in [-0.4, -0.2) is 56.9 Å². The molecule has 1 amide bonds. The van der Waals surface area contributed by atoms with Crippen molar-refractivity contribution in [2.75, 3.05) is 26.7 Å². The number of imidazole rings is 1. The summed E-state index contributed by atoms with van der Waals surface area (Å²) in [7, 11) is 3.98. The fraction of sp³-hybridized carbons (Fsp3) is 0.500. The van der Waals surface area contributed by atoms with Crippen LogP contribution in [0.2, 0.25) is 0 Å². The van der Waals surface area contributed by atoms with Crippen LogP contribution in [0.15, 0.2) is 36.8 Å². The van der Waals surface area contributed by atoms with E-state index in [4.69, 9.17) is 0 Å². The summed E-state index contributed by atoms with van der Waals surface area (Å²) in [5.74, 6) is 1.60. The first kappa shape index (κ1) is 16.6. The molecule has 1 aliphatic rings. The van der Waals surface area contributed by atoms with Crippen molar-refractivity contribution in [3.8, 4) is 0 Å². The van der Waals surface area contributed by atoms with Crippen LogP contribution < -0.4 is 0 Å². The highest BCUT2D eigenvalue weighted by Crippen LogP contribution is 2.25. The maximum Gasteiger partial charge on any atom is 0.236 e. The zero-order valence-electron chi connectivity index (χ0n) is 14.4. The topological polar surface area (TPSA) is 54.3 Å². The van der Waals surface area contributed by atoms with Gasteiger partial charge in [0.1, 0.15) is 5.82 Å². The van der Waals surface area contributed by atoms with Crippen molar-refractivity contribution in [1.29, 1.82) is 0 Å². The summed E-state index contributed by atoms with van der Waals surface area (Å²) < 4.78 is 2.06. The molecule has 128 valence electrons. The largest absolute Gasteiger partial charge is 0.341 e. The molecule has 0 N–H and O–H groups in total. The van der Waals surface area contributed by atoms with E-state index in [9.17, 15) is 4.79 Å². The number of pyridine rings is 1. The predicted octanol–water partition coefficient (Wildman–Crippen LogP) is 1.65. The van der Waals surface area contributed by atoms with Gasteiger partial charge in [0.05, 0.1) is 12.2 Å². The Bertz CT molecular complexity index is 669. The highest BCUT2D eigenvalue weighted by Gasteiger charge is 2.27. The minimum Gasteiger partial charge on any atom is -0.341 e. The van der Waals surface area contributed by atoms with Crippen LogP contribution in [0, 0.1) is 0 Å². The molecule has 0 spiro atoms. The number of nitrogens with zero attached hydrogens (tertiary/aromatic N) is 5. The van der Waals surface area contributed by atoms with Gasteiger partial charge in [0.2, 0.25) is 5.91 Å². The number of piperidine rings is 1. The zero-order chi connectivity index (χ0) is 16.9. The van der Waals surface area contributed by atoms with Crippen molar-refractivity contribution in [3.05, 3.63) is 48.3 Å². The van der Waals surface area contributed by atoms with Gasteiger partial charge in [-0.1, -0.05) is 6.07 Å².